The molecule has 2 aromatic rings. The number of aromatic hydroxyl groups is 1. The highest BCUT2D eigenvalue weighted by molar-refractivity contribution is 5.77. The van der Waals surface area contributed by atoms with E-state index in [0.717, 1.165) is 17.7 Å². The molecule has 5 heteroatoms. The van der Waals surface area contributed by atoms with E-state index in [1.165, 1.54) is 18.2 Å². The van der Waals surface area contributed by atoms with E-state index in [9.17, 15) is 18.3 Å². The maximum atomic E-state index is 12.8. The molecule has 1 aliphatic heterocycles. The van der Waals surface area contributed by atoms with Crippen molar-refractivity contribution in [3.05, 3.63) is 47.5 Å². The summed E-state index contributed by atoms with van der Waals surface area (Å²) in [4.78, 5) is 0. The van der Waals surface area contributed by atoms with Gasteiger partial charge in [0.05, 0.1) is 5.56 Å². The molecular weight excluding hydrogens is 329 g/mol. The quantitative estimate of drug-likeness (QED) is 0.702. The summed E-state index contributed by atoms with van der Waals surface area (Å²) in [7, 11) is 0. The Labute approximate surface area is 145 Å². The van der Waals surface area contributed by atoms with Crippen LogP contribution in [0.5, 0.6) is 11.5 Å². The molecule has 0 saturated heterocycles. The predicted octanol–water partition coefficient (Wildman–Crippen LogP) is 5.82. The van der Waals surface area contributed by atoms with Gasteiger partial charge in [0.15, 0.2) is 0 Å². The molecule has 0 aromatic heterocycles. The molecule has 25 heavy (non-hydrogen) atoms. The van der Waals surface area contributed by atoms with E-state index in [0.29, 0.717) is 23.3 Å². The van der Waals surface area contributed by atoms with Crippen molar-refractivity contribution in [3.63, 3.8) is 0 Å². The van der Waals surface area contributed by atoms with Gasteiger partial charge in [-0.3, -0.25) is 0 Å². The average molecular weight is 350 g/mol. The number of phenolic OH excluding ortho intramolecular Hbond substituents is 1. The first kappa shape index (κ1) is 17.6. The number of hydrogen-bond donors (Lipinski definition) is 1. The molecule has 0 amide bonds. The first-order valence-corrected chi connectivity index (χ1v) is 8.14. The second-order valence-corrected chi connectivity index (χ2v) is 7.68. The molecule has 134 valence electrons. The molecule has 0 spiro atoms. The number of ether oxygens (including phenoxy) is 1. The average Bonchev–Trinajstić information content (AvgIpc) is 2.48. The number of hydrogen-bond acceptors (Lipinski definition) is 2. The molecular formula is C20H21F3O2. The van der Waals surface area contributed by atoms with Gasteiger partial charge >= 0.3 is 6.18 Å². The Morgan fingerprint density at radius 1 is 0.960 bits per heavy atom. The molecule has 1 aliphatic rings. The maximum Gasteiger partial charge on any atom is 0.416 e. The van der Waals surface area contributed by atoms with Crippen molar-refractivity contribution in [3.8, 4) is 22.6 Å². The topological polar surface area (TPSA) is 29.5 Å². The second-order valence-electron chi connectivity index (χ2n) is 7.68. The van der Waals surface area contributed by atoms with Gasteiger partial charge in [-0.05, 0) is 50.1 Å². The standard InChI is InChI=1S/C20H21F3O2/c1-18(2)11-14-16(25-19(18,3)4)10-9-15(24)17(14)12-5-7-13(8-6-12)20(21,22)23/h5-10,24H,11H2,1-4H3. The van der Waals surface area contributed by atoms with E-state index in [1.54, 1.807) is 6.07 Å². The lowest BCUT2D eigenvalue weighted by molar-refractivity contribution is -0.137. The zero-order valence-corrected chi connectivity index (χ0v) is 14.7. The number of alkyl halides is 3. The lowest BCUT2D eigenvalue weighted by atomic mass is 9.70. The smallest absolute Gasteiger partial charge is 0.416 e. The minimum Gasteiger partial charge on any atom is -0.507 e. The van der Waals surface area contributed by atoms with Crippen LogP contribution >= 0.6 is 0 Å². The molecule has 0 saturated carbocycles. The minimum atomic E-state index is -4.38. The molecule has 0 atom stereocenters. The summed E-state index contributed by atoms with van der Waals surface area (Å²) in [5.74, 6) is 0.703. The van der Waals surface area contributed by atoms with Crippen molar-refractivity contribution in [2.75, 3.05) is 0 Å². The molecule has 0 bridgehead atoms. The molecule has 2 nitrogen and oxygen atoms in total. The predicted molar refractivity (Wildman–Crippen MR) is 90.7 cm³/mol. The summed E-state index contributed by atoms with van der Waals surface area (Å²) in [5.41, 5.74) is 0.599. The molecule has 2 aromatic carbocycles. The lowest BCUT2D eigenvalue weighted by Crippen LogP contribution is -2.48. The maximum absolute atomic E-state index is 12.8. The highest BCUT2D eigenvalue weighted by Crippen LogP contribution is 2.50. The molecule has 0 aliphatic carbocycles. The van der Waals surface area contributed by atoms with Gasteiger partial charge in [-0.1, -0.05) is 26.0 Å². The van der Waals surface area contributed by atoms with Crippen molar-refractivity contribution in [1.29, 1.82) is 0 Å². The highest BCUT2D eigenvalue weighted by Gasteiger charge is 2.44. The van der Waals surface area contributed by atoms with Crippen molar-refractivity contribution >= 4 is 0 Å². The van der Waals surface area contributed by atoms with Gasteiger partial charge in [-0.2, -0.15) is 13.2 Å². The molecule has 1 heterocycles. The monoisotopic (exact) mass is 350 g/mol. The molecule has 0 unspecified atom stereocenters. The van der Waals surface area contributed by atoms with Gasteiger partial charge in [-0.25, -0.2) is 0 Å². The number of benzene rings is 2. The van der Waals surface area contributed by atoms with Gasteiger partial charge in [0.2, 0.25) is 0 Å². The zero-order chi connectivity index (χ0) is 18.6. The van der Waals surface area contributed by atoms with Crippen molar-refractivity contribution in [2.24, 2.45) is 5.41 Å². The van der Waals surface area contributed by atoms with Crippen molar-refractivity contribution in [2.45, 2.75) is 45.9 Å². The third kappa shape index (κ3) is 2.96. The number of rotatable bonds is 1. The van der Waals surface area contributed by atoms with Crippen molar-refractivity contribution < 1.29 is 23.0 Å². The van der Waals surface area contributed by atoms with Gasteiger partial charge < -0.3 is 9.84 Å². The van der Waals surface area contributed by atoms with E-state index in [1.807, 2.05) is 13.8 Å². The van der Waals surface area contributed by atoms with Crippen LogP contribution in [-0.2, 0) is 12.6 Å². The summed E-state index contributed by atoms with van der Waals surface area (Å²) in [6.07, 6.45) is -3.73. The van der Waals surface area contributed by atoms with Crippen LogP contribution in [0.1, 0.15) is 38.8 Å². The van der Waals surface area contributed by atoms with Crippen LogP contribution in [0.15, 0.2) is 36.4 Å². The van der Waals surface area contributed by atoms with Crippen LogP contribution in [0.2, 0.25) is 0 Å². The van der Waals surface area contributed by atoms with E-state index >= 15 is 0 Å². The first-order valence-electron chi connectivity index (χ1n) is 8.14. The van der Waals surface area contributed by atoms with E-state index < -0.39 is 17.3 Å². The summed E-state index contributed by atoms with van der Waals surface area (Å²) in [6.45, 7) is 8.19. The van der Waals surface area contributed by atoms with Crippen LogP contribution in [-0.4, -0.2) is 10.7 Å². The van der Waals surface area contributed by atoms with E-state index in [-0.39, 0.29) is 11.2 Å². The highest BCUT2D eigenvalue weighted by atomic mass is 19.4. The summed E-state index contributed by atoms with van der Waals surface area (Å²) in [6, 6.07) is 8.10. The van der Waals surface area contributed by atoms with E-state index in [4.69, 9.17) is 4.74 Å². The Morgan fingerprint density at radius 3 is 2.12 bits per heavy atom. The van der Waals surface area contributed by atoms with Crippen LogP contribution in [0.4, 0.5) is 13.2 Å². The van der Waals surface area contributed by atoms with Crippen LogP contribution in [0.25, 0.3) is 11.1 Å². The lowest BCUT2D eigenvalue weighted by Gasteiger charge is -2.46. The normalized spacial score (nSPS) is 18.4. The fourth-order valence-corrected chi connectivity index (χ4v) is 3.10. The van der Waals surface area contributed by atoms with Gasteiger partial charge in [0.25, 0.3) is 0 Å². The Hall–Kier alpha value is -2.17. The van der Waals surface area contributed by atoms with Gasteiger partial charge in [-0.15, -0.1) is 0 Å². The third-order valence-electron chi connectivity index (χ3n) is 5.36. The molecule has 0 fully saturated rings. The van der Waals surface area contributed by atoms with Gasteiger partial charge in [0, 0.05) is 16.5 Å². The Bertz CT molecular complexity index is 803. The van der Waals surface area contributed by atoms with E-state index in [2.05, 4.69) is 13.8 Å². The minimum absolute atomic E-state index is 0.0395. The van der Waals surface area contributed by atoms with Crippen LogP contribution < -0.4 is 4.74 Å². The largest absolute Gasteiger partial charge is 0.507 e. The SMILES string of the molecule is CC1(C)Cc2c(ccc(O)c2-c2ccc(C(F)(F)F)cc2)OC1(C)C. The fraction of sp³-hybridized carbons (Fsp3) is 0.400. The number of fused-ring (bicyclic) bond motifs is 1. The Morgan fingerprint density at radius 2 is 1.56 bits per heavy atom. The van der Waals surface area contributed by atoms with Gasteiger partial charge in [0.1, 0.15) is 17.1 Å². The van der Waals surface area contributed by atoms with Crippen LogP contribution in [0, 0.1) is 5.41 Å². The summed E-state index contributed by atoms with van der Waals surface area (Å²) < 4.78 is 44.5. The summed E-state index contributed by atoms with van der Waals surface area (Å²) in [5, 5.41) is 10.4. The summed E-state index contributed by atoms with van der Waals surface area (Å²) >= 11 is 0. The van der Waals surface area contributed by atoms with Crippen LogP contribution in [0.3, 0.4) is 0 Å². The number of phenols is 1. The zero-order valence-electron chi connectivity index (χ0n) is 14.7. The fourth-order valence-electron chi connectivity index (χ4n) is 3.10. The molecule has 3 rings (SSSR count). The third-order valence-corrected chi connectivity index (χ3v) is 5.36. The second kappa shape index (κ2) is 5.41. The molecule has 1 N–H and O–H groups in total. The Kier molecular flexibility index (Phi) is 3.82. The Balaban J connectivity index is 2.13. The van der Waals surface area contributed by atoms with Crippen molar-refractivity contribution in [1.82, 2.24) is 0 Å². The first-order chi connectivity index (χ1) is 11.4. The molecule has 0 radical (unpaired) electrons. The number of halogens is 3.